The number of hydrogen-bond acceptors (Lipinski definition) is 4. The molecule has 0 aromatic carbocycles. The average molecular weight is 243 g/mol. The normalized spacial score (nSPS) is 16.9. The van der Waals surface area contributed by atoms with Crippen molar-refractivity contribution in [1.29, 1.82) is 0 Å². The Morgan fingerprint density at radius 1 is 1.22 bits per heavy atom. The maximum Gasteiger partial charge on any atom is 0.166 e. The predicted molar refractivity (Wildman–Crippen MR) is 69.8 cm³/mol. The number of nitrogens with zero attached hydrogens (tertiary/aromatic N) is 4. The molecule has 0 aliphatic heterocycles. The van der Waals surface area contributed by atoms with E-state index in [4.69, 9.17) is 5.73 Å². The van der Waals surface area contributed by atoms with E-state index in [-0.39, 0.29) is 0 Å². The summed E-state index contributed by atoms with van der Waals surface area (Å²) in [5.41, 5.74) is 7.55. The number of anilines is 1. The maximum atomic E-state index is 5.97. The fourth-order valence-corrected chi connectivity index (χ4v) is 2.67. The third-order valence-electron chi connectivity index (χ3n) is 3.63. The highest BCUT2D eigenvalue weighted by atomic mass is 15.3. The first kappa shape index (κ1) is 11.2. The van der Waals surface area contributed by atoms with Gasteiger partial charge in [-0.3, -0.25) is 4.98 Å². The molecule has 0 bridgehead atoms. The average Bonchev–Trinajstić information content (AvgIpc) is 2.89. The zero-order chi connectivity index (χ0) is 12.4. The van der Waals surface area contributed by atoms with Crippen molar-refractivity contribution in [1.82, 2.24) is 19.7 Å². The fraction of sp³-hybridized carbons (Fsp3) is 0.462. The number of nitrogens with two attached hydrogens (primary N) is 1. The minimum Gasteiger partial charge on any atom is -0.397 e. The molecule has 0 spiro atoms. The van der Waals surface area contributed by atoms with Crippen molar-refractivity contribution in [3.05, 3.63) is 24.8 Å². The topological polar surface area (TPSA) is 69.6 Å². The lowest BCUT2D eigenvalue weighted by molar-refractivity contribution is 0.355. The molecule has 0 atom stereocenters. The van der Waals surface area contributed by atoms with Crippen LogP contribution in [0.25, 0.3) is 11.4 Å². The number of aromatic nitrogens is 4. The second-order valence-electron chi connectivity index (χ2n) is 4.82. The molecule has 0 amide bonds. The SMILES string of the molecule is Nc1cnccc1-c1nncn1C1CCCCC1. The van der Waals surface area contributed by atoms with Gasteiger partial charge in [-0.05, 0) is 18.9 Å². The van der Waals surface area contributed by atoms with Crippen LogP contribution in [0.4, 0.5) is 5.69 Å². The molecule has 0 unspecified atom stereocenters. The third-order valence-corrected chi connectivity index (χ3v) is 3.63. The summed E-state index contributed by atoms with van der Waals surface area (Å²) in [6.07, 6.45) is 11.5. The van der Waals surface area contributed by atoms with E-state index < -0.39 is 0 Å². The quantitative estimate of drug-likeness (QED) is 0.879. The molecule has 1 saturated carbocycles. The van der Waals surface area contributed by atoms with E-state index in [1.807, 2.05) is 12.4 Å². The standard InChI is InChI=1S/C13H17N5/c14-12-8-15-7-6-11(12)13-17-16-9-18(13)10-4-2-1-3-5-10/h6-10H,1-5,14H2. The lowest BCUT2D eigenvalue weighted by atomic mass is 9.95. The van der Waals surface area contributed by atoms with Crippen LogP contribution in [-0.2, 0) is 0 Å². The minimum atomic E-state index is 0.510. The molecule has 5 heteroatoms. The van der Waals surface area contributed by atoms with Crippen molar-refractivity contribution in [2.24, 2.45) is 0 Å². The largest absolute Gasteiger partial charge is 0.397 e. The van der Waals surface area contributed by atoms with Crippen LogP contribution in [0, 0.1) is 0 Å². The van der Waals surface area contributed by atoms with Crippen molar-refractivity contribution in [3.63, 3.8) is 0 Å². The second-order valence-corrected chi connectivity index (χ2v) is 4.82. The van der Waals surface area contributed by atoms with Gasteiger partial charge in [-0.1, -0.05) is 19.3 Å². The molecule has 5 nitrogen and oxygen atoms in total. The van der Waals surface area contributed by atoms with Crippen LogP contribution in [0.2, 0.25) is 0 Å². The summed E-state index contributed by atoms with van der Waals surface area (Å²) >= 11 is 0. The monoisotopic (exact) mass is 243 g/mol. The highest BCUT2D eigenvalue weighted by Gasteiger charge is 2.20. The van der Waals surface area contributed by atoms with Crippen LogP contribution in [0.3, 0.4) is 0 Å². The molecule has 0 radical (unpaired) electrons. The van der Waals surface area contributed by atoms with E-state index in [0.29, 0.717) is 11.7 Å². The van der Waals surface area contributed by atoms with Gasteiger partial charge in [-0.2, -0.15) is 0 Å². The molecule has 2 N–H and O–H groups in total. The highest BCUT2D eigenvalue weighted by molar-refractivity contribution is 5.70. The molecular formula is C13H17N5. The summed E-state index contributed by atoms with van der Waals surface area (Å²) in [5.74, 6) is 0.863. The van der Waals surface area contributed by atoms with E-state index in [2.05, 4.69) is 19.7 Å². The predicted octanol–water partition coefficient (Wildman–Crippen LogP) is 2.43. The van der Waals surface area contributed by atoms with Crippen LogP contribution < -0.4 is 5.73 Å². The second kappa shape index (κ2) is 4.76. The smallest absolute Gasteiger partial charge is 0.166 e. The number of rotatable bonds is 2. The van der Waals surface area contributed by atoms with Crippen molar-refractivity contribution >= 4 is 5.69 Å². The first-order valence-corrected chi connectivity index (χ1v) is 6.45. The van der Waals surface area contributed by atoms with Crippen LogP contribution in [0.5, 0.6) is 0 Å². The maximum absolute atomic E-state index is 5.97. The lowest BCUT2D eigenvalue weighted by Crippen LogP contribution is -2.13. The molecule has 1 aliphatic carbocycles. The van der Waals surface area contributed by atoms with Gasteiger partial charge in [0, 0.05) is 17.8 Å². The van der Waals surface area contributed by atoms with Crippen molar-refractivity contribution in [2.45, 2.75) is 38.1 Å². The Balaban J connectivity index is 1.98. The number of nitrogen functional groups attached to an aromatic ring is 1. The Labute approximate surface area is 106 Å². The molecular weight excluding hydrogens is 226 g/mol. The van der Waals surface area contributed by atoms with Gasteiger partial charge in [0.25, 0.3) is 0 Å². The lowest BCUT2D eigenvalue weighted by Gasteiger charge is -2.24. The molecule has 2 heterocycles. The van der Waals surface area contributed by atoms with E-state index in [9.17, 15) is 0 Å². The molecule has 1 fully saturated rings. The summed E-state index contributed by atoms with van der Waals surface area (Å²) in [5, 5.41) is 8.28. The van der Waals surface area contributed by atoms with E-state index in [0.717, 1.165) is 11.4 Å². The van der Waals surface area contributed by atoms with Gasteiger partial charge in [0.15, 0.2) is 5.82 Å². The van der Waals surface area contributed by atoms with Crippen LogP contribution >= 0.6 is 0 Å². The van der Waals surface area contributed by atoms with Crippen molar-refractivity contribution in [2.75, 3.05) is 5.73 Å². The summed E-state index contributed by atoms with van der Waals surface area (Å²) in [7, 11) is 0. The van der Waals surface area contributed by atoms with Crippen LogP contribution in [0.15, 0.2) is 24.8 Å². The molecule has 2 aromatic rings. The summed E-state index contributed by atoms with van der Waals surface area (Å²) in [6.45, 7) is 0. The van der Waals surface area contributed by atoms with Gasteiger partial charge in [-0.15, -0.1) is 10.2 Å². The van der Waals surface area contributed by atoms with Gasteiger partial charge in [-0.25, -0.2) is 0 Å². The van der Waals surface area contributed by atoms with Crippen molar-refractivity contribution in [3.8, 4) is 11.4 Å². The fourth-order valence-electron chi connectivity index (χ4n) is 2.67. The van der Waals surface area contributed by atoms with Crippen LogP contribution in [-0.4, -0.2) is 19.7 Å². The zero-order valence-corrected chi connectivity index (χ0v) is 10.3. The Morgan fingerprint density at radius 2 is 2.06 bits per heavy atom. The third kappa shape index (κ3) is 1.96. The molecule has 18 heavy (non-hydrogen) atoms. The number of hydrogen-bond donors (Lipinski definition) is 1. The summed E-state index contributed by atoms with van der Waals surface area (Å²) in [4.78, 5) is 4.01. The minimum absolute atomic E-state index is 0.510. The zero-order valence-electron chi connectivity index (χ0n) is 10.3. The van der Waals surface area contributed by atoms with Gasteiger partial charge in [0.05, 0.1) is 11.9 Å². The van der Waals surface area contributed by atoms with Crippen molar-refractivity contribution < 1.29 is 0 Å². The van der Waals surface area contributed by atoms with E-state index in [1.54, 1.807) is 12.4 Å². The van der Waals surface area contributed by atoms with Gasteiger partial charge in [0.1, 0.15) is 6.33 Å². The Morgan fingerprint density at radius 3 is 2.83 bits per heavy atom. The number of pyridine rings is 1. The molecule has 1 aliphatic rings. The Hall–Kier alpha value is -1.91. The van der Waals surface area contributed by atoms with Gasteiger partial charge < -0.3 is 10.3 Å². The highest BCUT2D eigenvalue weighted by Crippen LogP contribution is 2.32. The molecule has 94 valence electrons. The van der Waals surface area contributed by atoms with E-state index >= 15 is 0 Å². The van der Waals surface area contributed by atoms with Crippen LogP contribution in [0.1, 0.15) is 38.1 Å². The molecule has 2 aromatic heterocycles. The Kier molecular flexibility index (Phi) is 2.96. The molecule has 0 saturated heterocycles. The summed E-state index contributed by atoms with van der Waals surface area (Å²) in [6, 6.07) is 2.41. The van der Waals surface area contributed by atoms with Gasteiger partial charge in [0.2, 0.25) is 0 Å². The van der Waals surface area contributed by atoms with Gasteiger partial charge >= 0.3 is 0 Å². The Bertz CT molecular complexity index is 528. The summed E-state index contributed by atoms with van der Waals surface area (Å²) < 4.78 is 2.17. The van der Waals surface area contributed by atoms with E-state index in [1.165, 1.54) is 32.1 Å². The first-order valence-electron chi connectivity index (χ1n) is 6.45. The molecule has 3 rings (SSSR count). The first-order chi connectivity index (χ1) is 8.86.